The lowest BCUT2D eigenvalue weighted by Gasteiger charge is -2.27. The average Bonchev–Trinajstić information content (AvgIpc) is 2.46. The van der Waals surface area contributed by atoms with E-state index in [1.807, 2.05) is 0 Å². The lowest BCUT2D eigenvalue weighted by molar-refractivity contribution is -0.384. The summed E-state index contributed by atoms with van der Waals surface area (Å²) in [6.07, 6.45) is 0. The number of nitro groups is 1. The molecule has 0 saturated heterocycles. The molecule has 0 aromatic heterocycles. The largest absolute Gasteiger partial charge is 0.493 e. The van der Waals surface area contributed by atoms with Gasteiger partial charge in [-0.1, -0.05) is 0 Å². The molecule has 0 radical (unpaired) electrons. The number of rotatable bonds is 7. The van der Waals surface area contributed by atoms with Gasteiger partial charge in [-0.3, -0.25) is 10.1 Å². The molecule has 1 aromatic rings. The molecule has 112 valence electrons. The molecule has 0 heterocycles. The number of methoxy groups -OCH3 is 2. The fraction of sp³-hybridized carbons (Fsp3) is 0.500. The quantitative estimate of drug-likeness (QED) is 0.501. The van der Waals surface area contributed by atoms with Gasteiger partial charge in [-0.05, 0) is 6.92 Å². The number of ether oxygens (including phenoxy) is 2. The second kappa shape index (κ2) is 6.40. The van der Waals surface area contributed by atoms with E-state index in [1.165, 1.54) is 33.3 Å². The Morgan fingerprint density at radius 3 is 2.15 bits per heavy atom. The van der Waals surface area contributed by atoms with Crippen LogP contribution in [-0.4, -0.2) is 48.1 Å². The van der Waals surface area contributed by atoms with E-state index in [-0.39, 0.29) is 17.1 Å². The summed E-state index contributed by atoms with van der Waals surface area (Å²) in [4.78, 5) is 10.5. The van der Waals surface area contributed by atoms with Crippen molar-refractivity contribution in [3.8, 4) is 11.5 Å². The van der Waals surface area contributed by atoms with Gasteiger partial charge in [-0.2, -0.15) is 0 Å². The number of benzene rings is 1. The first-order valence-electron chi connectivity index (χ1n) is 5.81. The molecule has 0 amide bonds. The lowest BCUT2D eigenvalue weighted by Crippen LogP contribution is -2.42. The molecule has 8 heteroatoms. The SMILES string of the molecule is COc1cc(NC(C)(CO)CO)c([N+](=O)[O-])cc1OC. The van der Waals surface area contributed by atoms with E-state index in [1.54, 1.807) is 0 Å². The fourth-order valence-electron chi connectivity index (χ4n) is 1.57. The standard InChI is InChI=1S/C12H18N2O6/c1-12(6-15,7-16)13-8-4-10(19-2)11(20-3)5-9(8)14(17)18/h4-5,13,15-16H,6-7H2,1-3H3. The number of hydrogen-bond donors (Lipinski definition) is 3. The zero-order valence-electron chi connectivity index (χ0n) is 11.5. The Morgan fingerprint density at radius 2 is 1.75 bits per heavy atom. The second-order valence-electron chi connectivity index (χ2n) is 4.48. The van der Waals surface area contributed by atoms with Gasteiger partial charge in [0.25, 0.3) is 5.69 Å². The third-order valence-corrected chi connectivity index (χ3v) is 2.83. The Balaban J connectivity index is 3.32. The van der Waals surface area contributed by atoms with Crippen LogP contribution in [-0.2, 0) is 0 Å². The van der Waals surface area contributed by atoms with Crippen LogP contribution in [0.2, 0.25) is 0 Å². The molecule has 20 heavy (non-hydrogen) atoms. The van der Waals surface area contributed by atoms with Crippen molar-refractivity contribution in [2.24, 2.45) is 0 Å². The number of nitro benzene ring substituents is 1. The Bertz CT molecular complexity index is 487. The van der Waals surface area contributed by atoms with Gasteiger partial charge in [0.2, 0.25) is 0 Å². The van der Waals surface area contributed by atoms with Crippen LogP contribution in [0.25, 0.3) is 0 Å². The van der Waals surface area contributed by atoms with Gasteiger partial charge in [0.15, 0.2) is 11.5 Å². The first-order chi connectivity index (χ1) is 9.40. The third kappa shape index (κ3) is 3.28. The Labute approximate surface area is 116 Å². The van der Waals surface area contributed by atoms with E-state index in [0.717, 1.165) is 0 Å². The van der Waals surface area contributed by atoms with E-state index in [9.17, 15) is 20.3 Å². The van der Waals surface area contributed by atoms with Gasteiger partial charge >= 0.3 is 0 Å². The predicted octanol–water partition coefficient (Wildman–Crippen LogP) is 0.767. The zero-order chi connectivity index (χ0) is 15.3. The Morgan fingerprint density at radius 1 is 1.25 bits per heavy atom. The van der Waals surface area contributed by atoms with E-state index in [2.05, 4.69) is 5.32 Å². The zero-order valence-corrected chi connectivity index (χ0v) is 11.5. The lowest BCUT2D eigenvalue weighted by atomic mass is 10.0. The molecule has 1 aromatic carbocycles. The van der Waals surface area contributed by atoms with E-state index in [4.69, 9.17) is 9.47 Å². The summed E-state index contributed by atoms with van der Waals surface area (Å²) in [5, 5.41) is 32.4. The van der Waals surface area contributed by atoms with Crippen molar-refractivity contribution in [3.63, 3.8) is 0 Å². The molecule has 0 saturated carbocycles. The summed E-state index contributed by atoms with van der Waals surface area (Å²) in [6, 6.07) is 2.61. The topological polar surface area (TPSA) is 114 Å². The summed E-state index contributed by atoms with van der Waals surface area (Å²) in [5.74, 6) is 0.526. The molecular formula is C12H18N2O6. The minimum atomic E-state index is -1.09. The minimum Gasteiger partial charge on any atom is -0.493 e. The molecule has 0 bridgehead atoms. The first-order valence-corrected chi connectivity index (χ1v) is 5.81. The number of nitrogens with zero attached hydrogens (tertiary/aromatic N) is 1. The average molecular weight is 286 g/mol. The molecule has 0 unspecified atom stereocenters. The van der Waals surface area contributed by atoms with Crippen LogP contribution in [0.4, 0.5) is 11.4 Å². The van der Waals surface area contributed by atoms with Crippen molar-refractivity contribution in [2.45, 2.75) is 12.5 Å². The highest BCUT2D eigenvalue weighted by Gasteiger charge is 2.27. The second-order valence-corrected chi connectivity index (χ2v) is 4.48. The molecule has 0 aliphatic rings. The van der Waals surface area contributed by atoms with Crippen LogP contribution in [0, 0.1) is 10.1 Å². The van der Waals surface area contributed by atoms with Crippen molar-refractivity contribution in [3.05, 3.63) is 22.2 Å². The monoisotopic (exact) mass is 286 g/mol. The van der Waals surface area contributed by atoms with Crippen LogP contribution in [0.5, 0.6) is 11.5 Å². The predicted molar refractivity (Wildman–Crippen MR) is 72.4 cm³/mol. The highest BCUT2D eigenvalue weighted by Crippen LogP contribution is 2.38. The van der Waals surface area contributed by atoms with Crippen LogP contribution in [0.1, 0.15) is 6.92 Å². The minimum absolute atomic E-state index is 0.123. The number of aliphatic hydroxyl groups is 2. The molecule has 0 atom stereocenters. The van der Waals surface area contributed by atoms with Gasteiger partial charge < -0.3 is 25.0 Å². The molecular weight excluding hydrogens is 268 g/mol. The van der Waals surface area contributed by atoms with E-state index in [0.29, 0.717) is 5.75 Å². The van der Waals surface area contributed by atoms with Crippen molar-refractivity contribution in [1.82, 2.24) is 0 Å². The maximum absolute atomic E-state index is 11.1. The maximum Gasteiger partial charge on any atom is 0.296 e. The molecule has 0 aliphatic carbocycles. The van der Waals surface area contributed by atoms with E-state index < -0.39 is 23.7 Å². The summed E-state index contributed by atoms with van der Waals surface area (Å²) in [5.41, 5.74) is -1.21. The number of nitrogens with one attached hydrogen (secondary N) is 1. The highest BCUT2D eigenvalue weighted by molar-refractivity contribution is 5.69. The summed E-state index contributed by atoms with van der Waals surface area (Å²) < 4.78 is 10.1. The number of anilines is 1. The Hall–Kier alpha value is -2.06. The van der Waals surface area contributed by atoms with Crippen LogP contribution in [0.15, 0.2) is 12.1 Å². The fourth-order valence-corrected chi connectivity index (χ4v) is 1.57. The summed E-state index contributed by atoms with van der Waals surface area (Å²) >= 11 is 0. The Kier molecular flexibility index (Phi) is 5.12. The molecule has 0 fully saturated rings. The summed E-state index contributed by atoms with van der Waals surface area (Å²) in [7, 11) is 2.78. The van der Waals surface area contributed by atoms with Crippen molar-refractivity contribution < 1.29 is 24.6 Å². The molecule has 0 spiro atoms. The van der Waals surface area contributed by atoms with Crippen LogP contribution in [0.3, 0.4) is 0 Å². The van der Waals surface area contributed by atoms with Gasteiger partial charge in [-0.15, -0.1) is 0 Å². The van der Waals surface area contributed by atoms with E-state index >= 15 is 0 Å². The molecule has 8 nitrogen and oxygen atoms in total. The van der Waals surface area contributed by atoms with Gasteiger partial charge in [0.05, 0.1) is 44.0 Å². The molecule has 0 aliphatic heterocycles. The molecule has 1 rings (SSSR count). The van der Waals surface area contributed by atoms with Crippen molar-refractivity contribution in [2.75, 3.05) is 32.8 Å². The maximum atomic E-state index is 11.1. The first kappa shape index (κ1) is 16.0. The van der Waals surface area contributed by atoms with Crippen molar-refractivity contribution in [1.29, 1.82) is 0 Å². The summed E-state index contributed by atoms with van der Waals surface area (Å²) in [6.45, 7) is 0.747. The highest BCUT2D eigenvalue weighted by atomic mass is 16.6. The van der Waals surface area contributed by atoms with Gasteiger partial charge in [-0.25, -0.2) is 0 Å². The van der Waals surface area contributed by atoms with Crippen LogP contribution >= 0.6 is 0 Å². The molecule has 3 N–H and O–H groups in total. The van der Waals surface area contributed by atoms with Crippen LogP contribution < -0.4 is 14.8 Å². The van der Waals surface area contributed by atoms with Gasteiger partial charge in [0, 0.05) is 6.07 Å². The van der Waals surface area contributed by atoms with Crippen molar-refractivity contribution >= 4 is 11.4 Å². The van der Waals surface area contributed by atoms with Gasteiger partial charge in [0.1, 0.15) is 5.69 Å². The third-order valence-electron chi connectivity index (χ3n) is 2.83. The number of aliphatic hydroxyl groups excluding tert-OH is 2. The normalized spacial score (nSPS) is 11.1. The smallest absolute Gasteiger partial charge is 0.296 e. The number of hydrogen-bond acceptors (Lipinski definition) is 7.